The molecule has 2 aromatic carbocycles. The summed E-state index contributed by atoms with van der Waals surface area (Å²) in [7, 11) is 0. The molecule has 102 valence electrons. The fourth-order valence-electron chi connectivity index (χ4n) is 2.42. The van der Waals surface area contributed by atoms with Gasteiger partial charge in [0.25, 0.3) is 0 Å². The van der Waals surface area contributed by atoms with Crippen LogP contribution in [0.4, 0.5) is 0 Å². The maximum Gasteiger partial charge on any atom is 0.139 e. The van der Waals surface area contributed by atoms with Gasteiger partial charge in [0, 0.05) is 28.5 Å². The number of benzene rings is 2. The lowest BCUT2D eigenvalue weighted by atomic mass is 10.1. The highest BCUT2D eigenvalue weighted by atomic mass is 35.5. The van der Waals surface area contributed by atoms with Crippen LogP contribution in [0.3, 0.4) is 0 Å². The maximum atomic E-state index is 6.02. The summed E-state index contributed by atoms with van der Waals surface area (Å²) in [6.07, 6.45) is 3.55. The molecule has 0 aliphatic heterocycles. The molecule has 2 N–H and O–H groups in total. The standard InChI is InChI=1S/C16H11ClN4/c17-10-5-6-13-14(9-10)21-16(20-13)12-4-2-1-3-11(12)15-18-7-8-19-15/h1-9H,(H,18,19)(H,20,21). The van der Waals surface area contributed by atoms with E-state index in [-0.39, 0.29) is 0 Å². The summed E-state index contributed by atoms with van der Waals surface area (Å²) < 4.78 is 0. The van der Waals surface area contributed by atoms with Crippen LogP contribution in [0.15, 0.2) is 54.9 Å². The molecule has 0 spiro atoms. The van der Waals surface area contributed by atoms with Crippen LogP contribution in [0.1, 0.15) is 0 Å². The molecule has 4 aromatic rings. The van der Waals surface area contributed by atoms with Gasteiger partial charge in [0.1, 0.15) is 11.6 Å². The Labute approximate surface area is 125 Å². The zero-order valence-electron chi connectivity index (χ0n) is 11.0. The van der Waals surface area contributed by atoms with Gasteiger partial charge >= 0.3 is 0 Å². The topological polar surface area (TPSA) is 57.4 Å². The van der Waals surface area contributed by atoms with Gasteiger partial charge in [-0.2, -0.15) is 0 Å². The molecule has 0 fully saturated rings. The van der Waals surface area contributed by atoms with Crippen molar-refractivity contribution in [3.63, 3.8) is 0 Å². The third kappa shape index (κ3) is 2.10. The lowest BCUT2D eigenvalue weighted by molar-refractivity contribution is 1.28. The van der Waals surface area contributed by atoms with E-state index in [1.54, 1.807) is 6.20 Å². The first-order chi connectivity index (χ1) is 10.3. The van der Waals surface area contributed by atoms with Gasteiger partial charge < -0.3 is 9.97 Å². The summed E-state index contributed by atoms with van der Waals surface area (Å²) in [4.78, 5) is 15.4. The van der Waals surface area contributed by atoms with Gasteiger partial charge in [0.05, 0.1) is 11.0 Å². The number of imidazole rings is 2. The van der Waals surface area contributed by atoms with Gasteiger partial charge in [-0.25, -0.2) is 9.97 Å². The summed E-state index contributed by atoms with van der Waals surface area (Å²) >= 11 is 6.02. The quantitative estimate of drug-likeness (QED) is 0.580. The van der Waals surface area contributed by atoms with Crippen molar-refractivity contribution in [2.45, 2.75) is 0 Å². The summed E-state index contributed by atoms with van der Waals surface area (Å²) in [5, 5.41) is 0.692. The Kier molecular flexibility index (Phi) is 2.75. The lowest BCUT2D eigenvalue weighted by Crippen LogP contribution is -1.88. The number of nitrogens with one attached hydrogen (secondary N) is 2. The van der Waals surface area contributed by atoms with Gasteiger partial charge in [-0.1, -0.05) is 35.9 Å². The van der Waals surface area contributed by atoms with E-state index in [2.05, 4.69) is 19.9 Å². The zero-order valence-corrected chi connectivity index (χ0v) is 11.7. The maximum absolute atomic E-state index is 6.02. The smallest absolute Gasteiger partial charge is 0.139 e. The van der Waals surface area contributed by atoms with Crippen LogP contribution in [0.5, 0.6) is 0 Å². The number of rotatable bonds is 2. The van der Waals surface area contributed by atoms with Crippen LogP contribution < -0.4 is 0 Å². The van der Waals surface area contributed by atoms with Crippen molar-refractivity contribution >= 4 is 22.6 Å². The van der Waals surface area contributed by atoms with Gasteiger partial charge in [-0.15, -0.1) is 0 Å². The van der Waals surface area contributed by atoms with Crippen LogP contribution >= 0.6 is 11.6 Å². The predicted molar refractivity (Wildman–Crippen MR) is 84.1 cm³/mol. The summed E-state index contributed by atoms with van der Waals surface area (Å²) in [6, 6.07) is 13.7. The highest BCUT2D eigenvalue weighted by molar-refractivity contribution is 6.31. The lowest BCUT2D eigenvalue weighted by Gasteiger charge is -2.04. The molecule has 0 radical (unpaired) electrons. The van der Waals surface area contributed by atoms with Gasteiger partial charge in [-0.05, 0) is 18.2 Å². The van der Waals surface area contributed by atoms with Gasteiger partial charge in [0.15, 0.2) is 0 Å². The molecule has 4 nitrogen and oxygen atoms in total. The van der Waals surface area contributed by atoms with E-state index in [9.17, 15) is 0 Å². The Morgan fingerprint density at radius 3 is 2.52 bits per heavy atom. The Hall–Kier alpha value is -2.59. The SMILES string of the molecule is Clc1ccc2nc(-c3ccccc3-c3ncc[nH]3)[nH]c2c1. The largest absolute Gasteiger partial charge is 0.345 e. The molecule has 21 heavy (non-hydrogen) atoms. The van der Waals surface area contributed by atoms with Crippen molar-refractivity contribution in [1.82, 2.24) is 19.9 Å². The van der Waals surface area contributed by atoms with Crippen LogP contribution in [-0.4, -0.2) is 19.9 Å². The van der Waals surface area contributed by atoms with Gasteiger partial charge in [0.2, 0.25) is 0 Å². The highest BCUT2D eigenvalue weighted by Gasteiger charge is 2.12. The molecule has 4 rings (SSSR count). The van der Waals surface area contributed by atoms with E-state index >= 15 is 0 Å². The Balaban J connectivity index is 1.93. The average Bonchev–Trinajstić information content (AvgIpc) is 3.16. The third-order valence-corrected chi connectivity index (χ3v) is 3.61. The predicted octanol–water partition coefficient (Wildman–Crippen LogP) is 4.27. The van der Waals surface area contributed by atoms with Gasteiger partial charge in [-0.3, -0.25) is 0 Å². The first kappa shape index (κ1) is 12.2. The molecular weight excluding hydrogens is 284 g/mol. The second-order valence-electron chi connectivity index (χ2n) is 4.73. The molecule has 2 aromatic heterocycles. The molecule has 5 heteroatoms. The van der Waals surface area contributed by atoms with Crippen molar-refractivity contribution in [1.29, 1.82) is 0 Å². The van der Waals surface area contributed by atoms with Crippen molar-refractivity contribution in [3.05, 3.63) is 59.9 Å². The molecule has 0 bridgehead atoms. The molecular formula is C16H11ClN4. The van der Waals surface area contributed by atoms with Crippen molar-refractivity contribution in [2.24, 2.45) is 0 Å². The minimum Gasteiger partial charge on any atom is -0.345 e. The number of nitrogens with zero attached hydrogens (tertiary/aromatic N) is 2. The molecule has 0 amide bonds. The van der Waals surface area contributed by atoms with Crippen LogP contribution in [0, 0.1) is 0 Å². The zero-order chi connectivity index (χ0) is 14.2. The van der Waals surface area contributed by atoms with E-state index in [0.717, 1.165) is 33.8 Å². The van der Waals surface area contributed by atoms with Crippen LogP contribution in [0.2, 0.25) is 5.02 Å². The monoisotopic (exact) mass is 294 g/mol. The number of halogens is 1. The Bertz CT molecular complexity index is 909. The van der Waals surface area contributed by atoms with Crippen LogP contribution in [-0.2, 0) is 0 Å². The molecule has 0 unspecified atom stereocenters. The second kappa shape index (κ2) is 4.75. The first-order valence-corrected chi connectivity index (χ1v) is 6.93. The molecule has 0 saturated carbocycles. The number of hydrogen-bond donors (Lipinski definition) is 2. The van der Waals surface area contributed by atoms with E-state index in [1.807, 2.05) is 48.7 Å². The van der Waals surface area contributed by atoms with Crippen molar-refractivity contribution < 1.29 is 0 Å². The number of aromatic amines is 2. The molecule has 0 aliphatic rings. The highest BCUT2D eigenvalue weighted by Crippen LogP contribution is 2.30. The van der Waals surface area contributed by atoms with Crippen molar-refractivity contribution in [2.75, 3.05) is 0 Å². The van der Waals surface area contributed by atoms with E-state index in [1.165, 1.54) is 0 Å². The third-order valence-electron chi connectivity index (χ3n) is 3.38. The molecule has 0 saturated heterocycles. The van der Waals surface area contributed by atoms with E-state index in [0.29, 0.717) is 5.02 Å². The summed E-state index contributed by atoms with van der Waals surface area (Å²) in [5.41, 5.74) is 3.82. The van der Waals surface area contributed by atoms with Crippen LogP contribution in [0.25, 0.3) is 33.8 Å². The normalized spacial score (nSPS) is 11.1. The minimum atomic E-state index is 0.692. The summed E-state index contributed by atoms with van der Waals surface area (Å²) in [6.45, 7) is 0. The number of fused-ring (bicyclic) bond motifs is 1. The first-order valence-electron chi connectivity index (χ1n) is 6.56. The number of hydrogen-bond acceptors (Lipinski definition) is 2. The molecule has 0 aliphatic carbocycles. The number of H-pyrrole nitrogens is 2. The fraction of sp³-hybridized carbons (Fsp3) is 0. The average molecular weight is 295 g/mol. The Morgan fingerprint density at radius 1 is 0.952 bits per heavy atom. The Morgan fingerprint density at radius 2 is 1.76 bits per heavy atom. The van der Waals surface area contributed by atoms with E-state index in [4.69, 9.17) is 11.6 Å². The summed E-state index contributed by atoms with van der Waals surface area (Å²) in [5.74, 6) is 1.63. The molecule has 2 heterocycles. The fourth-order valence-corrected chi connectivity index (χ4v) is 2.59. The van der Waals surface area contributed by atoms with E-state index < -0.39 is 0 Å². The molecule has 0 atom stereocenters. The minimum absolute atomic E-state index is 0.692. The second-order valence-corrected chi connectivity index (χ2v) is 5.17. The van der Waals surface area contributed by atoms with Crippen molar-refractivity contribution in [3.8, 4) is 22.8 Å². The number of aromatic nitrogens is 4.